The summed E-state index contributed by atoms with van der Waals surface area (Å²) in [5.41, 5.74) is -1.48. The van der Waals surface area contributed by atoms with Crippen molar-refractivity contribution in [1.82, 2.24) is 24.5 Å². The van der Waals surface area contributed by atoms with Gasteiger partial charge in [-0.15, -0.1) is 0 Å². The van der Waals surface area contributed by atoms with E-state index in [4.69, 9.17) is 15.1 Å². The van der Waals surface area contributed by atoms with Crippen molar-refractivity contribution in [3.8, 4) is 16.9 Å². The van der Waals surface area contributed by atoms with Gasteiger partial charge in [0.25, 0.3) is 5.91 Å². The molecule has 2 N–H and O–H groups in total. The SMILES string of the molecule is [2H]c1nc(Nc2c([2H])c(C(=O)Nc3c([2H])c(C)c([2H])c(-n4cnc(C)c4)c3[2H])c([2H])c([2H])c2C([2H])([2H])[2H])nc(-c2cccnc2)c1[2H]. The molecule has 1 amide bonds. The number of amides is 1. The fourth-order valence-corrected chi connectivity index (χ4v) is 3.20. The number of nitrogens with one attached hydrogen (secondary N) is 2. The van der Waals surface area contributed by atoms with Gasteiger partial charge in [0.05, 0.1) is 28.7 Å². The molecule has 8 nitrogen and oxygen atoms in total. The Morgan fingerprint density at radius 1 is 1.11 bits per heavy atom. The molecule has 0 aliphatic rings. The molecule has 0 saturated carbocycles. The van der Waals surface area contributed by atoms with E-state index in [0.717, 1.165) is 0 Å². The first-order valence-corrected chi connectivity index (χ1v) is 10.6. The van der Waals surface area contributed by atoms with E-state index in [1.165, 1.54) is 30.2 Å². The Labute approximate surface area is 224 Å². The minimum absolute atomic E-state index is 0.0125. The van der Waals surface area contributed by atoms with Gasteiger partial charge in [-0.2, -0.15) is 0 Å². The normalized spacial score (nSPS) is 15.4. The summed E-state index contributed by atoms with van der Waals surface area (Å²) in [4.78, 5) is 29.9. The third kappa shape index (κ3) is 5.12. The molecule has 2 aromatic carbocycles. The molecule has 5 aromatic rings. The molecular formula is C28H25N7O. The predicted molar refractivity (Wildman–Crippen MR) is 141 cm³/mol. The van der Waals surface area contributed by atoms with Crippen LogP contribution in [0.1, 0.15) is 42.3 Å². The van der Waals surface area contributed by atoms with E-state index in [9.17, 15) is 4.79 Å². The molecule has 3 heterocycles. The average Bonchev–Trinajstić information content (AvgIpc) is 3.44. The average molecular weight is 487 g/mol. The number of pyridine rings is 1. The number of anilines is 3. The lowest BCUT2D eigenvalue weighted by atomic mass is 10.1. The second-order valence-electron chi connectivity index (χ2n) is 7.60. The van der Waals surface area contributed by atoms with Crippen molar-refractivity contribution in [2.75, 3.05) is 10.6 Å². The Morgan fingerprint density at radius 3 is 2.81 bits per heavy atom. The lowest BCUT2D eigenvalue weighted by molar-refractivity contribution is 0.102. The van der Waals surface area contributed by atoms with Gasteiger partial charge in [0, 0.05) is 57.1 Å². The van der Waals surface area contributed by atoms with Gasteiger partial charge >= 0.3 is 0 Å². The Kier molecular flexibility index (Phi) is 3.62. The molecular weight excluding hydrogens is 450 g/mol. The van der Waals surface area contributed by atoms with Crippen LogP contribution in [0.2, 0.25) is 0 Å². The molecule has 178 valence electrons. The molecule has 0 bridgehead atoms. The van der Waals surface area contributed by atoms with Gasteiger partial charge < -0.3 is 15.2 Å². The maximum atomic E-state index is 13.7. The number of aryl methyl sites for hydroxylation is 1. The topological polar surface area (TPSA) is 97.6 Å². The number of carbonyl (C=O) groups excluding carboxylic acids is 1. The first kappa shape index (κ1) is 13.3. The van der Waals surface area contributed by atoms with E-state index in [1.807, 2.05) is 0 Å². The Bertz CT molecular complexity index is 2070. The van der Waals surface area contributed by atoms with Crippen LogP contribution >= 0.6 is 0 Å². The lowest BCUT2D eigenvalue weighted by Gasteiger charge is -2.13. The highest BCUT2D eigenvalue weighted by Gasteiger charge is 2.12. The van der Waals surface area contributed by atoms with Gasteiger partial charge in [-0.1, -0.05) is 6.04 Å². The van der Waals surface area contributed by atoms with E-state index in [-0.39, 0.29) is 40.8 Å². The van der Waals surface area contributed by atoms with Crippen molar-refractivity contribution in [2.45, 2.75) is 20.7 Å². The highest BCUT2D eigenvalue weighted by atomic mass is 16.1. The number of hydrogen-bond acceptors (Lipinski definition) is 6. The highest BCUT2D eigenvalue weighted by Crippen LogP contribution is 2.24. The monoisotopic (exact) mass is 486 g/mol. The van der Waals surface area contributed by atoms with Crippen molar-refractivity contribution in [2.24, 2.45) is 0 Å². The minimum atomic E-state index is -3.06. The number of carbonyl (C=O) groups is 1. The molecule has 0 aliphatic carbocycles. The Balaban J connectivity index is 1.66. The minimum Gasteiger partial charge on any atom is -0.324 e. The quantitative estimate of drug-likeness (QED) is 0.322. The first-order valence-electron chi connectivity index (χ1n) is 16.1. The van der Waals surface area contributed by atoms with Crippen LogP contribution < -0.4 is 10.6 Å². The van der Waals surface area contributed by atoms with Gasteiger partial charge in [-0.25, -0.2) is 15.0 Å². The first-order chi connectivity index (χ1) is 22.0. The third-order valence-electron chi connectivity index (χ3n) is 4.84. The van der Waals surface area contributed by atoms with Gasteiger partial charge in [0.15, 0.2) is 0 Å². The largest absolute Gasteiger partial charge is 0.324 e. The second kappa shape index (κ2) is 9.79. The van der Waals surface area contributed by atoms with Crippen LogP contribution in [0, 0.1) is 20.7 Å². The Morgan fingerprint density at radius 2 is 2.03 bits per heavy atom. The van der Waals surface area contributed by atoms with E-state index >= 15 is 0 Å². The van der Waals surface area contributed by atoms with Crippen molar-refractivity contribution in [3.05, 3.63) is 108 Å². The van der Waals surface area contributed by atoms with Crippen LogP contribution in [0.5, 0.6) is 0 Å². The van der Waals surface area contributed by atoms with Gasteiger partial charge in [0.2, 0.25) is 5.95 Å². The number of nitrogens with zero attached hydrogens (tertiary/aromatic N) is 5. The lowest BCUT2D eigenvalue weighted by Crippen LogP contribution is -2.13. The summed E-state index contributed by atoms with van der Waals surface area (Å²) in [6.45, 7) is 0.0941. The van der Waals surface area contributed by atoms with Crippen LogP contribution in [-0.2, 0) is 0 Å². The molecule has 5 rings (SSSR count). The highest BCUT2D eigenvalue weighted by molar-refractivity contribution is 6.05. The van der Waals surface area contributed by atoms with Gasteiger partial charge in [0.1, 0.15) is 0 Å². The molecule has 0 fully saturated rings. The molecule has 0 radical (unpaired) electrons. The second-order valence-corrected chi connectivity index (χ2v) is 7.60. The van der Waals surface area contributed by atoms with E-state index in [1.54, 1.807) is 25.3 Å². The van der Waals surface area contributed by atoms with Crippen molar-refractivity contribution in [3.63, 3.8) is 0 Å². The summed E-state index contributed by atoms with van der Waals surface area (Å²) >= 11 is 0. The standard InChI is InChI=1S/C28H25N7O/c1-18-11-23(14-24(12-18)35-16-20(3)31-17-35)32-27(36)21-7-6-19(2)26(13-21)34-28-30-10-8-25(33-28)22-5-4-9-29-15-22/h4-17H,1-3H3,(H,32,36)(H,30,33,34)/i2D3,6D,7D,8D,10D,11D,12D,13D,14D. The van der Waals surface area contributed by atoms with Gasteiger partial charge in [-0.3, -0.25) is 9.78 Å². The fourth-order valence-electron chi connectivity index (χ4n) is 3.20. The number of hydrogen-bond donors (Lipinski definition) is 2. The van der Waals surface area contributed by atoms with E-state index in [2.05, 4.69) is 30.6 Å². The zero-order valence-electron chi connectivity index (χ0n) is 30.1. The Hall–Kier alpha value is -4.85. The van der Waals surface area contributed by atoms with Crippen LogP contribution in [0.3, 0.4) is 0 Å². The van der Waals surface area contributed by atoms with Crippen molar-refractivity contribution < 1.29 is 19.9 Å². The molecule has 0 spiro atoms. The molecule has 0 aliphatic heterocycles. The zero-order valence-corrected chi connectivity index (χ0v) is 19.1. The molecule has 8 heteroatoms. The number of rotatable bonds is 6. The fraction of sp³-hybridized carbons (Fsp3) is 0.107. The van der Waals surface area contributed by atoms with E-state index in [0.29, 0.717) is 11.3 Å². The van der Waals surface area contributed by atoms with Crippen molar-refractivity contribution >= 4 is 23.2 Å². The van der Waals surface area contributed by atoms with Crippen molar-refractivity contribution in [1.29, 1.82) is 0 Å². The third-order valence-corrected chi connectivity index (χ3v) is 4.84. The number of benzene rings is 2. The van der Waals surface area contributed by atoms with E-state index < -0.39 is 65.9 Å². The number of aromatic nitrogens is 5. The summed E-state index contributed by atoms with van der Waals surface area (Å²) < 4.78 is 93.6. The van der Waals surface area contributed by atoms with Crippen LogP contribution in [0.15, 0.2) is 85.5 Å². The van der Waals surface area contributed by atoms with Crippen LogP contribution in [0.4, 0.5) is 17.3 Å². The van der Waals surface area contributed by atoms with Crippen LogP contribution in [-0.4, -0.2) is 30.4 Å². The maximum Gasteiger partial charge on any atom is 0.255 e. The predicted octanol–water partition coefficient (Wildman–Crippen LogP) is 5.65. The van der Waals surface area contributed by atoms with Crippen LogP contribution in [0.25, 0.3) is 16.9 Å². The van der Waals surface area contributed by atoms with Gasteiger partial charge in [-0.05, 0) is 80.2 Å². The molecule has 0 atom stereocenters. The summed E-state index contributed by atoms with van der Waals surface area (Å²) in [7, 11) is 0. The summed E-state index contributed by atoms with van der Waals surface area (Å²) in [5.74, 6) is -1.61. The zero-order chi connectivity index (χ0) is 34.5. The molecule has 0 unspecified atom stereocenters. The number of imidazole rings is 1. The molecule has 36 heavy (non-hydrogen) atoms. The molecule has 3 aromatic heterocycles. The molecule has 0 saturated heterocycles. The summed E-state index contributed by atoms with van der Waals surface area (Å²) in [6.07, 6.45) is 5.26. The summed E-state index contributed by atoms with van der Waals surface area (Å²) in [6, 6.07) is -0.791. The smallest absolute Gasteiger partial charge is 0.255 e. The maximum absolute atomic E-state index is 13.7. The summed E-state index contributed by atoms with van der Waals surface area (Å²) in [5, 5.41) is 4.91.